The second-order valence-electron chi connectivity index (χ2n) is 4.04. The van der Waals surface area contributed by atoms with Crippen LogP contribution in [0.4, 0.5) is 0 Å². The number of aromatic amines is 1. The number of halogens is 1. The maximum Gasteiger partial charge on any atom is 0.265 e. The van der Waals surface area contributed by atoms with E-state index < -0.39 is 0 Å². The van der Waals surface area contributed by atoms with Crippen LogP contribution in [0, 0.1) is 0 Å². The van der Waals surface area contributed by atoms with Crippen molar-refractivity contribution in [1.82, 2.24) is 9.97 Å². The Balaban J connectivity index is 2.48. The molecule has 2 heterocycles. The predicted octanol–water partition coefficient (Wildman–Crippen LogP) is 3.31. The van der Waals surface area contributed by atoms with Gasteiger partial charge in [-0.3, -0.25) is 4.79 Å². The predicted molar refractivity (Wildman–Crippen MR) is 73.6 cm³/mol. The molecule has 0 spiro atoms. The molecule has 0 saturated heterocycles. The maximum atomic E-state index is 11.8. The summed E-state index contributed by atoms with van der Waals surface area (Å²) in [4.78, 5) is 19.0. The molecular formula is C13H15BrN2O2. The molecule has 18 heavy (non-hydrogen) atoms. The van der Waals surface area contributed by atoms with Crippen LogP contribution in [-0.2, 0) is 12.8 Å². The first-order valence-corrected chi connectivity index (χ1v) is 6.82. The first-order valence-electron chi connectivity index (χ1n) is 6.03. The molecule has 0 radical (unpaired) electrons. The number of H-pyrrole nitrogens is 1. The molecule has 0 saturated carbocycles. The normalized spacial score (nSPS) is 10.8. The lowest BCUT2D eigenvalue weighted by atomic mass is 10.2. The number of rotatable bonds is 4. The Bertz CT molecular complexity index is 601. The average Bonchev–Trinajstić information content (AvgIpc) is 2.83. The zero-order chi connectivity index (χ0) is 13.1. The summed E-state index contributed by atoms with van der Waals surface area (Å²) >= 11 is 3.27. The van der Waals surface area contributed by atoms with Gasteiger partial charge in [0, 0.05) is 6.42 Å². The average molecular weight is 311 g/mol. The van der Waals surface area contributed by atoms with Gasteiger partial charge in [-0.2, -0.15) is 0 Å². The monoisotopic (exact) mass is 310 g/mol. The van der Waals surface area contributed by atoms with E-state index in [9.17, 15) is 4.79 Å². The molecule has 96 valence electrons. The number of aryl methyl sites for hydroxylation is 2. The first-order chi connectivity index (χ1) is 8.65. The highest BCUT2D eigenvalue weighted by Crippen LogP contribution is 2.20. The molecule has 0 aliphatic rings. The number of hydrogen-bond acceptors (Lipinski definition) is 3. The van der Waals surface area contributed by atoms with Crippen LogP contribution < -0.4 is 5.56 Å². The van der Waals surface area contributed by atoms with E-state index in [4.69, 9.17) is 4.42 Å². The summed E-state index contributed by atoms with van der Waals surface area (Å²) in [5, 5.41) is 0. The van der Waals surface area contributed by atoms with Gasteiger partial charge in [0.25, 0.3) is 5.56 Å². The van der Waals surface area contributed by atoms with Gasteiger partial charge in [-0.1, -0.05) is 20.3 Å². The minimum atomic E-state index is -0.169. The molecule has 2 aromatic heterocycles. The molecule has 0 aliphatic heterocycles. The number of nitrogens with zero attached hydrogens (tertiary/aromatic N) is 1. The van der Waals surface area contributed by atoms with Gasteiger partial charge in [0.2, 0.25) is 0 Å². The van der Waals surface area contributed by atoms with E-state index in [2.05, 4.69) is 32.8 Å². The standard InChI is InChI=1S/C13H15BrN2O2/c1-3-5-9-11(14)13(17)16-12(15-9)10-7-6-8(4-2)18-10/h6-7H,3-5H2,1-2H3,(H,15,16,17). The molecule has 0 atom stereocenters. The van der Waals surface area contributed by atoms with Crippen molar-refractivity contribution >= 4 is 15.9 Å². The lowest BCUT2D eigenvalue weighted by molar-refractivity contribution is 0.525. The highest BCUT2D eigenvalue weighted by Gasteiger charge is 2.12. The van der Waals surface area contributed by atoms with Crippen molar-refractivity contribution < 1.29 is 4.42 Å². The summed E-state index contributed by atoms with van der Waals surface area (Å²) in [5.74, 6) is 1.98. The second kappa shape index (κ2) is 5.52. The van der Waals surface area contributed by atoms with Gasteiger partial charge in [-0.25, -0.2) is 4.98 Å². The smallest absolute Gasteiger partial charge is 0.265 e. The summed E-state index contributed by atoms with van der Waals surface area (Å²) in [7, 11) is 0. The van der Waals surface area contributed by atoms with Crippen molar-refractivity contribution in [2.75, 3.05) is 0 Å². The van der Waals surface area contributed by atoms with E-state index in [1.807, 2.05) is 19.1 Å². The number of hydrogen-bond donors (Lipinski definition) is 1. The number of furan rings is 1. The molecule has 2 rings (SSSR count). The molecule has 0 unspecified atom stereocenters. The number of aromatic nitrogens is 2. The fourth-order valence-corrected chi connectivity index (χ4v) is 2.11. The van der Waals surface area contributed by atoms with Gasteiger partial charge in [-0.15, -0.1) is 0 Å². The van der Waals surface area contributed by atoms with Crippen LogP contribution in [0.1, 0.15) is 31.7 Å². The third-order valence-electron chi connectivity index (χ3n) is 2.66. The zero-order valence-corrected chi connectivity index (χ0v) is 12.0. The fraction of sp³-hybridized carbons (Fsp3) is 0.385. The van der Waals surface area contributed by atoms with Crippen LogP contribution in [0.25, 0.3) is 11.6 Å². The van der Waals surface area contributed by atoms with Gasteiger partial charge in [-0.05, 0) is 34.5 Å². The van der Waals surface area contributed by atoms with E-state index in [-0.39, 0.29) is 5.56 Å². The third kappa shape index (κ3) is 2.56. The molecule has 1 N–H and O–H groups in total. The molecule has 5 heteroatoms. The van der Waals surface area contributed by atoms with E-state index in [1.165, 1.54) is 0 Å². The Morgan fingerprint density at radius 2 is 2.17 bits per heavy atom. The Labute approximate surface area is 114 Å². The number of nitrogens with one attached hydrogen (secondary N) is 1. The van der Waals surface area contributed by atoms with Crippen LogP contribution in [0.2, 0.25) is 0 Å². The lowest BCUT2D eigenvalue weighted by Crippen LogP contribution is -2.13. The minimum absolute atomic E-state index is 0.169. The van der Waals surface area contributed by atoms with Crippen LogP contribution in [0.5, 0.6) is 0 Å². The molecular weight excluding hydrogens is 296 g/mol. The molecule has 0 fully saturated rings. The van der Waals surface area contributed by atoms with Crippen molar-refractivity contribution in [2.24, 2.45) is 0 Å². The summed E-state index contributed by atoms with van der Waals surface area (Å²) in [5.41, 5.74) is 0.601. The Hall–Kier alpha value is -1.36. The largest absolute Gasteiger partial charge is 0.458 e. The molecule has 0 amide bonds. The van der Waals surface area contributed by atoms with Crippen LogP contribution in [0.3, 0.4) is 0 Å². The zero-order valence-electron chi connectivity index (χ0n) is 10.4. The van der Waals surface area contributed by atoms with Crippen molar-refractivity contribution in [2.45, 2.75) is 33.1 Å². The van der Waals surface area contributed by atoms with Crippen LogP contribution in [-0.4, -0.2) is 9.97 Å². The molecule has 0 aliphatic carbocycles. The molecule has 2 aromatic rings. The van der Waals surface area contributed by atoms with E-state index in [0.29, 0.717) is 16.1 Å². The van der Waals surface area contributed by atoms with Gasteiger partial charge in [0.15, 0.2) is 11.6 Å². The quantitative estimate of drug-likeness (QED) is 0.942. The van der Waals surface area contributed by atoms with Crippen LogP contribution >= 0.6 is 15.9 Å². The third-order valence-corrected chi connectivity index (χ3v) is 3.48. The Morgan fingerprint density at radius 3 is 2.78 bits per heavy atom. The molecule has 4 nitrogen and oxygen atoms in total. The highest BCUT2D eigenvalue weighted by atomic mass is 79.9. The minimum Gasteiger partial charge on any atom is -0.458 e. The second-order valence-corrected chi connectivity index (χ2v) is 4.84. The maximum absolute atomic E-state index is 11.8. The van der Waals surface area contributed by atoms with E-state index in [0.717, 1.165) is 30.7 Å². The highest BCUT2D eigenvalue weighted by molar-refractivity contribution is 9.10. The Morgan fingerprint density at radius 1 is 1.39 bits per heavy atom. The fourth-order valence-electron chi connectivity index (χ4n) is 1.72. The van der Waals surface area contributed by atoms with Crippen molar-refractivity contribution in [1.29, 1.82) is 0 Å². The van der Waals surface area contributed by atoms with E-state index >= 15 is 0 Å². The van der Waals surface area contributed by atoms with Gasteiger partial charge >= 0.3 is 0 Å². The van der Waals surface area contributed by atoms with Gasteiger partial charge < -0.3 is 9.40 Å². The van der Waals surface area contributed by atoms with E-state index in [1.54, 1.807) is 0 Å². The SMILES string of the molecule is CCCc1nc(-c2ccc(CC)o2)[nH]c(=O)c1Br. The van der Waals surface area contributed by atoms with Crippen molar-refractivity contribution in [3.05, 3.63) is 38.4 Å². The molecule has 0 bridgehead atoms. The summed E-state index contributed by atoms with van der Waals surface area (Å²) in [6.07, 6.45) is 2.52. The lowest BCUT2D eigenvalue weighted by Gasteiger charge is -2.03. The van der Waals surface area contributed by atoms with Crippen molar-refractivity contribution in [3.63, 3.8) is 0 Å². The van der Waals surface area contributed by atoms with Crippen molar-refractivity contribution in [3.8, 4) is 11.6 Å². The van der Waals surface area contributed by atoms with Gasteiger partial charge in [0.1, 0.15) is 10.2 Å². The first kappa shape index (κ1) is 13.1. The molecule has 0 aromatic carbocycles. The van der Waals surface area contributed by atoms with Gasteiger partial charge in [0.05, 0.1) is 5.69 Å². The Kier molecular flexibility index (Phi) is 4.01. The summed E-state index contributed by atoms with van der Waals surface area (Å²) in [6, 6.07) is 3.73. The topological polar surface area (TPSA) is 58.9 Å². The summed E-state index contributed by atoms with van der Waals surface area (Å²) < 4.78 is 6.11. The van der Waals surface area contributed by atoms with Crippen LogP contribution in [0.15, 0.2) is 25.8 Å². The summed E-state index contributed by atoms with van der Waals surface area (Å²) in [6.45, 7) is 4.07.